The molecule has 0 radical (unpaired) electrons. The molecule has 480 valence electrons. The van der Waals surface area contributed by atoms with Gasteiger partial charge in [0.25, 0.3) is 0 Å². The van der Waals surface area contributed by atoms with Gasteiger partial charge < -0.3 is 65.1 Å². The van der Waals surface area contributed by atoms with Crippen LogP contribution in [0, 0.1) is 0 Å². The molecule has 12 atom stereocenters. The molecule has 14 heteroatoms. The van der Waals surface area contributed by atoms with Crippen LogP contribution in [-0.4, -0.2) is 140 Å². The normalized spacial score (nSPS) is 24.2. The van der Waals surface area contributed by atoms with Crippen molar-refractivity contribution in [1.29, 1.82) is 0 Å². The molecule has 0 spiro atoms. The van der Waals surface area contributed by atoms with E-state index in [1.165, 1.54) is 186 Å². The molecule has 14 nitrogen and oxygen atoms in total. The van der Waals surface area contributed by atoms with Gasteiger partial charge in [0.05, 0.1) is 32.0 Å². The molecule has 9 N–H and O–H groups in total. The zero-order chi connectivity index (χ0) is 59.5. The molecule has 12 unspecified atom stereocenters. The Labute approximate surface area is 499 Å². The maximum absolute atomic E-state index is 13.3. The van der Waals surface area contributed by atoms with Gasteiger partial charge in [-0.15, -0.1) is 0 Å². The molecule has 82 heavy (non-hydrogen) atoms. The molecule has 2 fully saturated rings. The van der Waals surface area contributed by atoms with E-state index in [9.17, 15) is 45.6 Å². The first kappa shape index (κ1) is 76.0. The molecule has 2 heterocycles. The fourth-order valence-corrected chi connectivity index (χ4v) is 11.1. The number of carbonyl (C=O) groups excluding carboxylic acids is 1. The Bertz CT molecular complexity index is 1560. The minimum absolute atomic E-state index is 0.249. The monoisotopic (exact) mass is 1160 g/mol. The average molecular weight is 1160 g/mol. The van der Waals surface area contributed by atoms with E-state index in [-0.39, 0.29) is 18.9 Å². The van der Waals surface area contributed by atoms with Crippen LogP contribution in [-0.2, 0) is 23.7 Å². The molecule has 0 bridgehead atoms. The van der Waals surface area contributed by atoms with Crippen LogP contribution in [0.1, 0.15) is 284 Å². The van der Waals surface area contributed by atoms with Crippen molar-refractivity contribution in [2.45, 2.75) is 357 Å². The van der Waals surface area contributed by atoms with Crippen LogP contribution in [0.15, 0.2) is 48.6 Å². The standard InChI is InChI=1S/C68H125NO13/c1-3-5-7-9-11-13-15-17-19-21-23-25-26-27-28-29-30-32-33-35-37-39-41-43-45-47-49-51-57(72)56(55-79-67-65(78)63(76)66(59(54-71)81-67)82-68-64(77)62(75)61(74)58(53-70)80-68)69-60(73)52-50-48-46-44-42-40-38-36-34-31-24-22-20-18-16-14-12-10-8-6-4-2/h16,18,22,24,34,36,49,51,56-59,61-68,70-72,74-78H,3-15,17,19-21,23,25-33,35,37-48,50,52-55H2,1-2H3,(H,69,73)/b18-16-,24-22-,36-34-,51-49+. The van der Waals surface area contributed by atoms with Crippen LogP contribution in [0.4, 0.5) is 0 Å². The molecule has 2 saturated heterocycles. The van der Waals surface area contributed by atoms with Crippen molar-refractivity contribution in [2.75, 3.05) is 19.8 Å². The molecule has 0 aromatic heterocycles. The number of aliphatic hydroxyl groups is 8. The number of aliphatic hydroxyl groups excluding tert-OH is 8. The predicted molar refractivity (Wildman–Crippen MR) is 332 cm³/mol. The van der Waals surface area contributed by atoms with Crippen molar-refractivity contribution in [3.63, 3.8) is 0 Å². The summed E-state index contributed by atoms with van der Waals surface area (Å²) in [6.07, 6.45) is 51.5. The van der Waals surface area contributed by atoms with E-state index < -0.39 is 86.8 Å². The highest BCUT2D eigenvalue weighted by Gasteiger charge is 2.51. The molecule has 2 aliphatic rings. The molecule has 2 aliphatic heterocycles. The van der Waals surface area contributed by atoms with E-state index in [2.05, 4.69) is 55.6 Å². The first-order chi connectivity index (χ1) is 40.1. The van der Waals surface area contributed by atoms with Crippen LogP contribution in [0.5, 0.6) is 0 Å². The first-order valence-electron chi connectivity index (χ1n) is 33.9. The third-order valence-corrected chi connectivity index (χ3v) is 16.5. The van der Waals surface area contributed by atoms with Gasteiger partial charge in [-0.1, -0.05) is 268 Å². The van der Waals surface area contributed by atoms with E-state index in [4.69, 9.17) is 18.9 Å². The topological polar surface area (TPSA) is 228 Å². The van der Waals surface area contributed by atoms with Gasteiger partial charge in [0, 0.05) is 6.42 Å². The number of rotatable bonds is 55. The lowest BCUT2D eigenvalue weighted by atomic mass is 9.97. The van der Waals surface area contributed by atoms with Gasteiger partial charge >= 0.3 is 0 Å². The number of nitrogens with one attached hydrogen (secondary N) is 1. The Kier molecular flexibility index (Phi) is 49.3. The third kappa shape index (κ3) is 37.5. The SMILES string of the molecule is CCCCCCC/C=C\C/C=C\C/C=C\CCCCCCCCC(=O)NC(COC1OC(CO)C(OC2OC(CO)C(O)C(O)C2O)C(O)C1O)C(O)/C=C/CCCCCCCCCCCCCCCCCCCCCCCCCCC. The average Bonchev–Trinajstić information content (AvgIpc) is 3.66. The van der Waals surface area contributed by atoms with Gasteiger partial charge in [0.1, 0.15) is 48.8 Å². The van der Waals surface area contributed by atoms with Gasteiger partial charge in [-0.2, -0.15) is 0 Å². The number of hydrogen-bond acceptors (Lipinski definition) is 13. The quantitative estimate of drug-likeness (QED) is 0.0204. The van der Waals surface area contributed by atoms with Crippen molar-refractivity contribution in [2.24, 2.45) is 0 Å². The third-order valence-electron chi connectivity index (χ3n) is 16.5. The highest BCUT2D eigenvalue weighted by atomic mass is 16.7. The molecule has 0 aliphatic carbocycles. The lowest BCUT2D eigenvalue weighted by Crippen LogP contribution is -2.65. The minimum Gasteiger partial charge on any atom is -0.394 e. The lowest BCUT2D eigenvalue weighted by molar-refractivity contribution is -0.359. The van der Waals surface area contributed by atoms with Crippen molar-refractivity contribution >= 4 is 5.91 Å². The van der Waals surface area contributed by atoms with E-state index in [1.54, 1.807) is 6.08 Å². The van der Waals surface area contributed by atoms with Crippen LogP contribution in [0.25, 0.3) is 0 Å². The van der Waals surface area contributed by atoms with Crippen molar-refractivity contribution in [1.82, 2.24) is 5.32 Å². The van der Waals surface area contributed by atoms with Crippen LogP contribution in [0.2, 0.25) is 0 Å². The van der Waals surface area contributed by atoms with Crippen LogP contribution in [0.3, 0.4) is 0 Å². The lowest BCUT2D eigenvalue weighted by Gasteiger charge is -2.46. The molecule has 2 rings (SSSR count). The first-order valence-corrected chi connectivity index (χ1v) is 33.9. The Hall–Kier alpha value is -2.05. The maximum atomic E-state index is 13.3. The summed E-state index contributed by atoms with van der Waals surface area (Å²) >= 11 is 0. The minimum atomic E-state index is -1.79. The number of unbranched alkanes of at least 4 members (excludes halogenated alkanes) is 36. The number of allylic oxidation sites excluding steroid dienone is 7. The second-order valence-corrected chi connectivity index (χ2v) is 24.0. The second-order valence-electron chi connectivity index (χ2n) is 24.0. The Morgan fingerprint density at radius 1 is 0.439 bits per heavy atom. The summed E-state index contributed by atoms with van der Waals surface area (Å²) in [6.45, 7) is 2.81. The highest BCUT2D eigenvalue weighted by molar-refractivity contribution is 5.76. The summed E-state index contributed by atoms with van der Waals surface area (Å²) in [6, 6.07) is -0.924. The highest BCUT2D eigenvalue weighted by Crippen LogP contribution is 2.30. The van der Waals surface area contributed by atoms with Gasteiger partial charge in [-0.3, -0.25) is 4.79 Å². The molecule has 0 aromatic carbocycles. The number of ether oxygens (including phenoxy) is 4. The van der Waals surface area contributed by atoms with Gasteiger partial charge in [0.15, 0.2) is 12.6 Å². The predicted octanol–water partition coefficient (Wildman–Crippen LogP) is 13.1. The Morgan fingerprint density at radius 2 is 0.805 bits per heavy atom. The van der Waals surface area contributed by atoms with Crippen molar-refractivity contribution in [3.05, 3.63) is 48.6 Å². The van der Waals surface area contributed by atoms with Gasteiger partial charge in [0.2, 0.25) is 5.91 Å². The molecule has 1 amide bonds. The summed E-state index contributed by atoms with van der Waals surface area (Å²) in [5.41, 5.74) is 0. The number of amides is 1. The number of hydrogen-bond donors (Lipinski definition) is 9. The second kappa shape index (κ2) is 53.2. The zero-order valence-electron chi connectivity index (χ0n) is 52.0. The van der Waals surface area contributed by atoms with Crippen LogP contribution < -0.4 is 5.32 Å². The molecule has 0 saturated carbocycles. The summed E-state index contributed by atoms with van der Waals surface area (Å²) in [5, 5.41) is 87.4. The fourth-order valence-electron chi connectivity index (χ4n) is 11.1. The van der Waals surface area contributed by atoms with Gasteiger partial charge in [-0.05, 0) is 57.8 Å². The van der Waals surface area contributed by atoms with E-state index in [0.717, 1.165) is 70.6 Å². The Balaban J connectivity index is 1.71. The molecular formula is C68H125NO13. The van der Waals surface area contributed by atoms with Crippen molar-refractivity contribution in [3.8, 4) is 0 Å². The smallest absolute Gasteiger partial charge is 0.220 e. The summed E-state index contributed by atoms with van der Waals surface area (Å²) < 4.78 is 22.8. The molecular weight excluding hydrogens is 1040 g/mol. The summed E-state index contributed by atoms with van der Waals surface area (Å²) in [5.74, 6) is -0.249. The van der Waals surface area contributed by atoms with Gasteiger partial charge in [-0.25, -0.2) is 0 Å². The maximum Gasteiger partial charge on any atom is 0.220 e. The zero-order valence-corrected chi connectivity index (χ0v) is 52.0. The van der Waals surface area contributed by atoms with E-state index in [1.807, 2.05) is 6.08 Å². The number of carbonyl (C=O) groups is 1. The Morgan fingerprint density at radius 3 is 1.23 bits per heavy atom. The van der Waals surface area contributed by atoms with E-state index >= 15 is 0 Å². The molecule has 0 aromatic rings. The van der Waals surface area contributed by atoms with E-state index in [0.29, 0.717) is 6.42 Å². The van der Waals surface area contributed by atoms with Crippen molar-refractivity contribution < 1.29 is 64.6 Å². The fraction of sp³-hybridized carbons (Fsp3) is 0.868. The summed E-state index contributed by atoms with van der Waals surface area (Å²) in [4.78, 5) is 13.3. The van der Waals surface area contributed by atoms with Crippen LogP contribution >= 0.6 is 0 Å². The summed E-state index contributed by atoms with van der Waals surface area (Å²) in [7, 11) is 0. The largest absolute Gasteiger partial charge is 0.394 e.